The van der Waals surface area contributed by atoms with Gasteiger partial charge in [-0.3, -0.25) is 0 Å². The third-order valence-corrected chi connectivity index (χ3v) is 3.56. The number of imidazole rings is 1. The van der Waals surface area contributed by atoms with Crippen LogP contribution in [-0.2, 0) is 0 Å². The number of fused-ring (bicyclic) bond motifs is 1. The lowest BCUT2D eigenvalue weighted by Gasteiger charge is -2.20. The van der Waals surface area contributed by atoms with Gasteiger partial charge < -0.3 is 10.1 Å². The van der Waals surface area contributed by atoms with Crippen molar-refractivity contribution >= 4 is 11.2 Å². The SMILES string of the molecule is Nc1ccn2c(C3CCCCC3)ncc2c1. The normalized spacial score (nSPS) is 18.0. The Bertz CT molecular complexity index is 495. The van der Waals surface area contributed by atoms with Gasteiger partial charge in [0, 0.05) is 17.8 Å². The van der Waals surface area contributed by atoms with E-state index < -0.39 is 0 Å². The van der Waals surface area contributed by atoms with Gasteiger partial charge >= 0.3 is 0 Å². The van der Waals surface area contributed by atoms with Gasteiger partial charge in [0.1, 0.15) is 5.82 Å². The molecule has 1 aliphatic rings. The minimum absolute atomic E-state index is 0.639. The molecule has 84 valence electrons. The second-order valence-electron chi connectivity index (χ2n) is 4.71. The van der Waals surface area contributed by atoms with Crippen LogP contribution in [0, 0.1) is 0 Å². The van der Waals surface area contributed by atoms with Crippen LogP contribution in [-0.4, -0.2) is 9.38 Å². The van der Waals surface area contributed by atoms with Gasteiger partial charge in [-0.1, -0.05) is 19.3 Å². The number of rotatable bonds is 1. The average molecular weight is 215 g/mol. The van der Waals surface area contributed by atoms with Crippen LogP contribution < -0.4 is 5.73 Å². The second kappa shape index (κ2) is 3.81. The Balaban J connectivity index is 2.03. The lowest BCUT2D eigenvalue weighted by molar-refractivity contribution is 0.428. The van der Waals surface area contributed by atoms with Gasteiger partial charge in [-0.25, -0.2) is 4.98 Å². The summed E-state index contributed by atoms with van der Waals surface area (Å²) in [5, 5.41) is 0. The molecule has 2 aromatic rings. The fraction of sp³-hybridized carbons (Fsp3) is 0.462. The van der Waals surface area contributed by atoms with Crippen molar-refractivity contribution in [2.45, 2.75) is 38.0 Å². The number of hydrogen-bond acceptors (Lipinski definition) is 2. The zero-order chi connectivity index (χ0) is 11.0. The van der Waals surface area contributed by atoms with Crippen molar-refractivity contribution in [3.05, 3.63) is 30.4 Å². The van der Waals surface area contributed by atoms with Crippen LogP contribution in [0.2, 0.25) is 0 Å². The Kier molecular flexibility index (Phi) is 2.31. The number of nitrogen functional groups attached to an aromatic ring is 1. The molecule has 0 saturated heterocycles. The van der Waals surface area contributed by atoms with E-state index in [-0.39, 0.29) is 0 Å². The van der Waals surface area contributed by atoms with Crippen LogP contribution in [0.3, 0.4) is 0 Å². The molecule has 0 radical (unpaired) electrons. The van der Waals surface area contributed by atoms with Gasteiger partial charge in [-0.15, -0.1) is 0 Å². The third kappa shape index (κ3) is 1.56. The minimum atomic E-state index is 0.639. The van der Waals surface area contributed by atoms with Crippen molar-refractivity contribution in [1.82, 2.24) is 9.38 Å². The summed E-state index contributed by atoms with van der Waals surface area (Å²) in [6, 6.07) is 3.93. The molecular formula is C13H17N3. The van der Waals surface area contributed by atoms with Gasteiger partial charge in [0.05, 0.1) is 11.7 Å². The van der Waals surface area contributed by atoms with Crippen LogP contribution >= 0.6 is 0 Å². The number of nitrogens with two attached hydrogens (primary N) is 1. The lowest BCUT2D eigenvalue weighted by Crippen LogP contribution is -2.08. The summed E-state index contributed by atoms with van der Waals surface area (Å²) >= 11 is 0. The van der Waals surface area contributed by atoms with Crippen molar-refractivity contribution in [2.75, 3.05) is 5.73 Å². The fourth-order valence-corrected chi connectivity index (χ4v) is 2.70. The topological polar surface area (TPSA) is 43.3 Å². The Labute approximate surface area is 95.3 Å². The molecule has 0 spiro atoms. The predicted molar refractivity (Wildman–Crippen MR) is 65.4 cm³/mol. The highest BCUT2D eigenvalue weighted by atomic mass is 15.0. The van der Waals surface area contributed by atoms with Crippen molar-refractivity contribution in [3.63, 3.8) is 0 Å². The molecule has 2 aromatic heterocycles. The summed E-state index contributed by atoms with van der Waals surface area (Å²) in [6.07, 6.45) is 10.6. The highest BCUT2D eigenvalue weighted by Gasteiger charge is 2.19. The molecule has 0 unspecified atom stereocenters. The molecule has 3 rings (SSSR count). The van der Waals surface area contributed by atoms with Crippen molar-refractivity contribution in [3.8, 4) is 0 Å². The maximum absolute atomic E-state index is 5.77. The van der Waals surface area contributed by atoms with E-state index in [1.807, 2.05) is 24.5 Å². The first-order chi connectivity index (χ1) is 7.84. The summed E-state index contributed by atoms with van der Waals surface area (Å²) < 4.78 is 2.19. The number of nitrogens with zero attached hydrogens (tertiary/aromatic N) is 2. The molecule has 0 bridgehead atoms. The molecule has 0 aliphatic heterocycles. The first-order valence-electron chi connectivity index (χ1n) is 6.07. The minimum Gasteiger partial charge on any atom is -0.399 e. The Morgan fingerprint density at radius 2 is 2.06 bits per heavy atom. The molecule has 1 fully saturated rings. The highest BCUT2D eigenvalue weighted by Crippen LogP contribution is 2.32. The molecule has 0 amide bonds. The quantitative estimate of drug-likeness (QED) is 0.794. The molecule has 16 heavy (non-hydrogen) atoms. The average Bonchev–Trinajstić information content (AvgIpc) is 2.73. The molecule has 0 aromatic carbocycles. The van der Waals surface area contributed by atoms with E-state index in [4.69, 9.17) is 5.73 Å². The second-order valence-corrected chi connectivity index (χ2v) is 4.71. The van der Waals surface area contributed by atoms with Gasteiger partial charge in [0.25, 0.3) is 0 Å². The Hall–Kier alpha value is -1.51. The van der Waals surface area contributed by atoms with Crippen molar-refractivity contribution in [2.24, 2.45) is 0 Å². The van der Waals surface area contributed by atoms with Crippen LogP contribution in [0.5, 0.6) is 0 Å². The third-order valence-electron chi connectivity index (χ3n) is 3.56. The lowest BCUT2D eigenvalue weighted by atomic mass is 9.89. The standard InChI is InChI=1S/C13H17N3/c14-11-6-7-16-12(8-11)9-15-13(16)10-4-2-1-3-5-10/h6-10H,1-5,14H2. The maximum atomic E-state index is 5.77. The van der Waals surface area contributed by atoms with Gasteiger partial charge in [0.2, 0.25) is 0 Å². The first kappa shape index (κ1) is 9.70. The molecule has 3 nitrogen and oxygen atoms in total. The Morgan fingerprint density at radius 3 is 2.88 bits per heavy atom. The van der Waals surface area contributed by atoms with Gasteiger partial charge in [0.15, 0.2) is 0 Å². The number of pyridine rings is 1. The molecule has 1 saturated carbocycles. The van der Waals surface area contributed by atoms with Crippen molar-refractivity contribution < 1.29 is 0 Å². The largest absolute Gasteiger partial charge is 0.399 e. The Morgan fingerprint density at radius 1 is 1.25 bits per heavy atom. The van der Waals surface area contributed by atoms with Crippen LogP contribution in [0.25, 0.3) is 5.52 Å². The van der Waals surface area contributed by atoms with E-state index in [0.29, 0.717) is 5.92 Å². The number of hydrogen-bond donors (Lipinski definition) is 1. The molecule has 3 heteroatoms. The van der Waals surface area contributed by atoms with Crippen LogP contribution in [0.1, 0.15) is 43.8 Å². The predicted octanol–water partition coefficient (Wildman–Crippen LogP) is 2.96. The van der Waals surface area contributed by atoms with E-state index in [2.05, 4.69) is 9.38 Å². The molecule has 2 heterocycles. The monoisotopic (exact) mass is 215 g/mol. The number of anilines is 1. The van der Waals surface area contributed by atoms with Crippen LogP contribution in [0.4, 0.5) is 5.69 Å². The fourth-order valence-electron chi connectivity index (χ4n) is 2.70. The molecular weight excluding hydrogens is 198 g/mol. The summed E-state index contributed by atoms with van der Waals surface area (Å²) in [5.41, 5.74) is 7.69. The zero-order valence-corrected chi connectivity index (χ0v) is 9.39. The zero-order valence-electron chi connectivity index (χ0n) is 9.39. The summed E-state index contributed by atoms with van der Waals surface area (Å²) in [5.74, 6) is 1.86. The van der Waals surface area contributed by atoms with E-state index in [1.54, 1.807) is 0 Å². The van der Waals surface area contributed by atoms with Crippen LogP contribution in [0.15, 0.2) is 24.5 Å². The maximum Gasteiger partial charge on any atom is 0.116 e. The molecule has 0 atom stereocenters. The smallest absolute Gasteiger partial charge is 0.116 e. The summed E-state index contributed by atoms with van der Waals surface area (Å²) in [4.78, 5) is 4.57. The van der Waals surface area contributed by atoms with Gasteiger partial charge in [-0.05, 0) is 25.0 Å². The molecule has 1 aliphatic carbocycles. The van der Waals surface area contributed by atoms with E-state index in [0.717, 1.165) is 11.2 Å². The van der Waals surface area contributed by atoms with Crippen molar-refractivity contribution in [1.29, 1.82) is 0 Å². The van der Waals surface area contributed by atoms with E-state index in [9.17, 15) is 0 Å². The summed E-state index contributed by atoms with van der Waals surface area (Å²) in [7, 11) is 0. The number of aromatic nitrogens is 2. The molecule has 2 N–H and O–H groups in total. The first-order valence-corrected chi connectivity index (χ1v) is 6.07. The van der Waals surface area contributed by atoms with E-state index >= 15 is 0 Å². The van der Waals surface area contributed by atoms with Gasteiger partial charge in [-0.2, -0.15) is 0 Å². The summed E-state index contributed by atoms with van der Waals surface area (Å²) in [6.45, 7) is 0. The van der Waals surface area contributed by atoms with E-state index in [1.165, 1.54) is 37.9 Å². The highest BCUT2D eigenvalue weighted by molar-refractivity contribution is 5.56.